The first-order valence-corrected chi connectivity index (χ1v) is 5.44. The molecule has 0 saturated heterocycles. The van der Waals surface area contributed by atoms with Crippen LogP contribution in [0.1, 0.15) is 5.56 Å². The minimum absolute atomic E-state index is 0.308. The van der Waals surface area contributed by atoms with Gasteiger partial charge in [0.05, 0.1) is 7.11 Å². The summed E-state index contributed by atoms with van der Waals surface area (Å²) in [5.74, 6) is 1.12. The van der Waals surface area contributed by atoms with Crippen LogP contribution in [0.5, 0.6) is 11.5 Å². The first kappa shape index (κ1) is 11.3. The number of hydrogen-bond acceptors (Lipinski definition) is 3. The van der Waals surface area contributed by atoms with E-state index in [0.29, 0.717) is 12.3 Å². The molecule has 17 heavy (non-hydrogen) atoms. The minimum atomic E-state index is 0.308. The van der Waals surface area contributed by atoms with Gasteiger partial charge in [-0.2, -0.15) is 0 Å². The van der Waals surface area contributed by atoms with Gasteiger partial charge < -0.3 is 15.2 Å². The van der Waals surface area contributed by atoms with Crippen molar-refractivity contribution in [3.05, 3.63) is 54.1 Å². The molecular formula is C14H15NO2. The van der Waals surface area contributed by atoms with Crippen molar-refractivity contribution < 1.29 is 9.84 Å². The van der Waals surface area contributed by atoms with Crippen molar-refractivity contribution in [1.82, 2.24) is 0 Å². The first-order chi connectivity index (χ1) is 8.29. The molecule has 0 aliphatic carbocycles. The predicted molar refractivity (Wildman–Crippen MR) is 68.4 cm³/mol. The van der Waals surface area contributed by atoms with Gasteiger partial charge in [0, 0.05) is 23.9 Å². The number of ether oxygens (including phenoxy) is 1. The zero-order chi connectivity index (χ0) is 12.1. The Morgan fingerprint density at radius 3 is 2.71 bits per heavy atom. The molecule has 0 aliphatic rings. The Hall–Kier alpha value is -2.16. The number of hydrogen-bond donors (Lipinski definition) is 2. The second-order valence-corrected chi connectivity index (χ2v) is 3.71. The Balaban J connectivity index is 2.05. The van der Waals surface area contributed by atoms with Gasteiger partial charge in [0.25, 0.3) is 0 Å². The van der Waals surface area contributed by atoms with Crippen LogP contribution >= 0.6 is 0 Å². The van der Waals surface area contributed by atoms with E-state index >= 15 is 0 Å². The Kier molecular flexibility index (Phi) is 3.50. The first-order valence-electron chi connectivity index (χ1n) is 5.44. The van der Waals surface area contributed by atoms with Crippen LogP contribution in [0.15, 0.2) is 48.5 Å². The highest BCUT2D eigenvalue weighted by molar-refractivity contribution is 5.49. The van der Waals surface area contributed by atoms with Gasteiger partial charge >= 0.3 is 0 Å². The molecule has 0 aliphatic heterocycles. The third-order valence-corrected chi connectivity index (χ3v) is 2.54. The van der Waals surface area contributed by atoms with Crippen molar-refractivity contribution in [1.29, 1.82) is 0 Å². The lowest BCUT2D eigenvalue weighted by molar-refractivity contribution is 0.415. The molecule has 2 aromatic rings. The monoisotopic (exact) mass is 229 g/mol. The van der Waals surface area contributed by atoms with Crippen molar-refractivity contribution in [2.75, 3.05) is 12.4 Å². The van der Waals surface area contributed by atoms with Crippen LogP contribution in [0.2, 0.25) is 0 Å². The molecule has 0 bridgehead atoms. The highest BCUT2D eigenvalue weighted by Crippen LogP contribution is 2.20. The highest BCUT2D eigenvalue weighted by atomic mass is 16.5. The summed E-state index contributed by atoms with van der Waals surface area (Å²) in [5, 5.41) is 12.9. The van der Waals surface area contributed by atoms with Crippen LogP contribution < -0.4 is 10.1 Å². The number of rotatable bonds is 4. The van der Waals surface area contributed by atoms with Gasteiger partial charge in [-0.3, -0.25) is 0 Å². The fraction of sp³-hybridized carbons (Fsp3) is 0.143. The van der Waals surface area contributed by atoms with Gasteiger partial charge in [0.2, 0.25) is 0 Å². The van der Waals surface area contributed by atoms with Crippen LogP contribution in [0.3, 0.4) is 0 Å². The molecule has 0 spiro atoms. The van der Waals surface area contributed by atoms with Crippen molar-refractivity contribution >= 4 is 5.69 Å². The Morgan fingerprint density at radius 2 is 1.94 bits per heavy atom. The molecule has 0 amide bonds. The maximum atomic E-state index is 9.62. The molecule has 0 fully saturated rings. The molecule has 0 unspecified atom stereocenters. The molecule has 0 atom stereocenters. The van der Waals surface area contributed by atoms with E-state index in [-0.39, 0.29) is 0 Å². The number of aromatic hydroxyl groups is 1. The topological polar surface area (TPSA) is 41.5 Å². The van der Waals surface area contributed by atoms with Crippen LogP contribution in [0.25, 0.3) is 0 Å². The molecule has 88 valence electrons. The summed E-state index contributed by atoms with van der Waals surface area (Å²) in [7, 11) is 1.64. The van der Waals surface area contributed by atoms with E-state index < -0.39 is 0 Å². The Bertz CT molecular complexity index is 497. The lowest BCUT2D eigenvalue weighted by Gasteiger charge is -2.09. The van der Waals surface area contributed by atoms with Crippen LogP contribution in [-0.4, -0.2) is 12.2 Å². The maximum Gasteiger partial charge on any atom is 0.120 e. The number of phenols is 1. The molecule has 2 N–H and O–H groups in total. The molecule has 2 aromatic carbocycles. The minimum Gasteiger partial charge on any atom is -0.508 e. The van der Waals surface area contributed by atoms with Gasteiger partial charge in [-0.05, 0) is 18.2 Å². The van der Waals surface area contributed by atoms with Crippen LogP contribution in [0, 0.1) is 0 Å². The van der Waals surface area contributed by atoms with Gasteiger partial charge in [-0.25, -0.2) is 0 Å². The second kappa shape index (κ2) is 5.25. The van der Waals surface area contributed by atoms with Crippen LogP contribution in [-0.2, 0) is 6.54 Å². The van der Waals surface area contributed by atoms with Crippen molar-refractivity contribution in [2.45, 2.75) is 6.54 Å². The van der Waals surface area contributed by atoms with Gasteiger partial charge in [0.15, 0.2) is 0 Å². The molecule has 3 nitrogen and oxygen atoms in total. The normalized spacial score (nSPS) is 9.94. The third kappa shape index (κ3) is 2.91. The zero-order valence-electron chi connectivity index (χ0n) is 9.68. The Labute approximate surface area is 101 Å². The third-order valence-electron chi connectivity index (χ3n) is 2.54. The quantitative estimate of drug-likeness (QED) is 0.846. The SMILES string of the molecule is COc1cccc(NCc2ccccc2O)c1. The molecule has 3 heteroatoms. The molecular weight excluding hydrogens is 214 g/mol. The van der Waals surface area contributed by atoms with Crippen molar-refractivity contribution in [2.24, 2.45) is 0 Å². The van der Waals surface area contributed by atoms with E-state index in [1.807, 2.05) is 42.5 Å². The summed E-state index contributed by atoms with van der Waals surface area (Å²) >= 11 is 0. The number of benzene rings is 2. The van der Waals surface area contributed by atoms with E-state index in [9.17, 15) is 5.11 Å². The summed E-state index contributed by atoms with van der Waals surface area (Å²) in [6.07, 6.45) is 0. The average molecular weight is 229 g/mol. The average Bonchev–Trinajstić information content (AvgIpc) is 2.38. The number of phenolic OH excluding ortho intramolecular Hbond substituents is 1. The zero-order valence-corrected chi connectivity index (χ0v) is 9.68. The summed E-state index contributed by atoms with van der Waals surface area (Å²) in [5.41, 5.74) is 1.84. The molecule has 2 rings (SSSR count). The smallest absolute Gasteiger partial charge is 0.120 e. The summed E-state index contributed by atoms with van der Waals surface area (Å²) in [4.78, 5) is 0. The number of anilines is 1. The van der Waals surface area contributed by atoms with E-state index in [1.54, 1.807) is 13.2 Å². The summed E-state index contributed by atoms with van der Waals surface area (Å²) in [6, 6.07) is 15.0. The number of methoxy groups -OCH3 is 1. The molecule has 0 saturated carbocycles. The molecule has 0 aromatic heterocycles. The predicted octanol–water partition coefficient (Wildman–Crippen LogP) is 3.01. The van der Waals surface area contributed by atoms with Gasteiger partial charge in [-0.1, -0.05) is 24.3 Å². The van der Waals surface area contributed by atoms with Gasteiger partial charge in [0.1, 0.15) is 11.5 Å². The Morgan fingerprint density at radius 1 is 1.12 bits per heavy atom. The van der Waals surface area contributed by atoms with Crippen molar-refractivity contribution in [3.8, 4) is 11.5 Å². The largest absolute Gasteiger partial charge is 0.508 e. The van der Waals surface area contributed by atoms with Crippen LogP contribution in [0.4, 0.5) is 5.69 Å². The highest BCUT2D eigenvalue weighted by Gasteiger charge is 2.00. The number of nitrogens with one attached hydrogen (secondary N) is 1. The fourth-order valence-electron chi connectivity index (χ4n) is 1.59. The fourth-order valence-corrected chi connectivity index (χ4v) is 1.59. The van der Waals surface area contributed by atoms with Gasteiger partial charge in [-0.15, -0.1) is 0 Å². The number of para-hydroxylation sites is 1. The van der Waals surface area contributed by atoms with E-state index in [4.69, 9.17) is 4.74 Å². The van der Waals surface area contributed by atoms with Crippen molar-refractivity contribution in [3.63, 3.8) is 0 Å². The van der Waals surface area contributed by atoms with E-state index in [0.717, 1.165) is 17.0 Å². The lowest BCUT2D eigenvalue weighted by Crippen LogP contribution is -1.99. The maximum absolute atomic E-state index is 9.62. The van der Waals surface area contributed by atoms with E-state index in [2.05, 4.69) is 5.32 Å². The molecule has 0 heterocycles. The standard InChI is InChI=1S/C14H15NO2/c1-17-13-7-4-6-12(9-13)15-10-11-5-2-3-8-14(11)16/h2-9,15-16H,10H2,1H3. The molecule has 0 radical (unpaired) electrons. The summed E-state index contributed by atoms with van der Waals surface area (Å²) < 4.78 is 5.14. The summed E-state index contributed by atoms with van der Waals surface area (Å²) in [6.45, 7) is 0.583. The second-order valence-electron chi connectivity index (χ2n) is 3.71. The van der Waals surface area contributed by atoms with E-state index in [1.165, 1.54) is 0 Å². The lowest BCUT2D eigenvalue weighted by atomic mass is 10.2.